The van der Waals surface area contributed by atoms with Crippen LogP contribution in [0, 0.1) is 0 Å². The molecule has 0 N–H and O–H groups in total. The molecule has 23 heavy (non-hydrogen) atoms. The van der Waals surface area contributed by atoms with E-state index in [1.165, 1.54) is 29.3 Å². The minimum Gasteiger partial charge on any atom is -0.356 e. The van der Waals surface area contributed by atoms with E-state index in [0.29, 0.717) is 5.92 Å². The number of nitrogens with zero attached hydrogens (tertiary/aromatic N) is 3. The van der Waals surface area contributed by atoms with E-state index in [1.807, 2.05) is 0 Å². The van der Waals surface area contributed by atoms with Crippen LogP contribution in [0.3, 0.4) is 0 Å². The first-order valence-electron chi connectivity index (χ1n) is 8.32. The highest BCUT2D eigenvalue weighted by atomic mass is 15.2. The lowest BCUT2D eigenvalue weighted by Gasteiger charge is -2.33. The molecule has 0 bridgehead atoms. The van der Waals surface area contributed by atoms with Crippen molar-refractivity contribution in [2.45, 2.75) is 18.8 Å². The highest BCUT2D eigenvalue weighted by Crippen LogP contribution is 2.31. The van der Waals surface area contributed by atoms with Crippen LogP contribution in [-0.4, -0.2) is 30.9 Å². The summed E-state index contributed by atoms with van der Waals surface area (Å²) in [5.74, 6) is 1.76. The largest absolute Gasteiger partial charge is 0.356 e. The number of fused-ring (bicyclic) bond motifs is 1. The molecule has 0 atom stereocenters. The molecule has 0 amide bonds. The number of rotatable bonds is 2. The van der Waals surface area contributed by atoms with Gasteiger partial charge in [0, 0.05) is 18.5 Å². The lowest BCUT2D eigenvalue weighted by atomic mass is 9.89. The standard InChI is InChI=1S/C19H20BN3/c20-16-6-7-18-17(12-16)19(22-13-21-18)23-10-8-15(9-11-23)14-4-2-1-3-5-14/h1-7,12-13,15H,8-11,20H2. The molecule has 2 heterocycles. The van der Waals surface area contributed by atoms with Gasteiger partial charge in [0.2, 0.25) is 0 Å². The molecular weight excluding hydrogens is 281 g/mol. The van der Waals surface area contributed by atoms with E-state index in [1.54, 1.807) is 6.33 Å². The Morgan fingerprint density at radius 2 is 1.74 bits per heavy atom. The lowest BCUT2D eigenvalue weighted by molar-refractivity contribution is 0.503. The molecule has 3 aromatic rings. The third-order valence-electron chi connectivity index (χ3n) is 4.84. The third kappa shape index (κ3) is 2.81. The summed E-state index contributed by atoms with van der Waals surface area (Å²) in [5.41, 5.74) is 3.76. The van der Waals surface area contributed by atoms with Gasteiger partial charge in [-0.2, -0.15) is 0 Å². The van der Waals surface area contributed by atoms with Crippen molar-refractivity contribution in [2.24, 2.45) is 0 Å². The van der Waals surface area contributed by atoms with Gasteiger partial charge in [-0.1, -0.05) is 47.9 Å². The van der Waals surface area contributed by atoms with Crippen molar-refractivity contribution in [3.05, 3.63) is 60.4 Å². The topological polar surface area (TPSA) is 29.0 Å². The average Bonchev–Trinajstić information content (AvgIpc) is 2.62. The minimum atomic E-state index is 0.669. The van der Waals surface area contributed by atoms with Gasteiger partial charge in [-0.15, -0.1) is 0 Å². The van der Waals surface area contributed by atoms with Crippen LogP contribution >= 0.6 is 0 Å². The zero-order valence-electron chi connectivity index (χ0n) is 13.4. The Morgan fingerprint density at radius 1 is 0.957 bits per heavy atom. The molecule has 0 spiro atoms. The molecule has 3 nitrogen and oxygen atoms in total. The van der Waals surface area contributed by atoms with E-state index in [-0.39, 0.29) is 0 Å². The second-order valence-electron chi connectivity index (χ2n) is 6.39. The van der Waals surface area contributed by atoms with E-state index < -0.39 is 0 Å². The van der Waals surface area contributed by atoms with Crippen molar-refractivity contribution in [3.63, 3.8) is 0 Å². The van der Waals surface area contributed by atoms with Crippen molar-refractivity contribution in [1.82, 2.24) is 9.97 Å². The molecule has 1 aliphatic rings. The van der Waals surface area contributed by atoms with Crippen molar-refractivity contribution < 1.29 is 0 Å². The van der Waals surface area contributed by atoms with Gasteiger partial charge in [-0.3, -0.25) is 0 Å². The molecule has 0 saturated carbocycles. The van der Waals surface area contributed by atoms with Gasteiger partial charge >= 0.3 is 0 Å². The number of piperidine rings is 1. The Kier molecular flexibility index (Phi) is 3.74. The first kappa shape index (κ1) is 14.3. The fourth-order valence-corrected chi connectivity index (χ4v) is 3.56. The fraction of sp³-hybridized carbons (Fsp3) is 0.263. The third-order valence-corrected chi connectivity index (χ3v) is 4.84. The van der Waals surface area contributed by atoms with Crippen LogP contribution in [-0.2, 0) is 0 Å². The normalized spacial score (nSPS) is 15.9. The van der Waals surface area contributed by atoms with Crippen LogP contribution in [0.5, 0.6) is 0 Å². The van der Waals surface area contributed by atoms with Crippen LogP contribution < -0.4 is 10.4 Å². The smallest absolute Gasteiger partial charge is 0.139 e. The van der Waals surface area contributed by atoms with Crippen LogP contribution in [0.2, 0.25) is 0 Å². The van der Waals surface area contributed by atoms with E-state index in [4.69, 9.17) is 0 Å². The minimum absolute atomic E-state index is 0.669. The molecule has 0 unspecified atom stereocenters. The number of benzene rings is 2. The first-order valence-corrected chi connectivity index (χ1v) is 8.32. The molecule has 114 valence electrons. The van der Waals surface area contributed by atoms with Gasteiger partial charge in [0.25, 0.3) is 0 Å². The highest BCUT2D eigenvalue weighted by molar-refractivity contribution is 6.33. The van der Waals surface area contributed by atoms with Crippen LogP contribution in [0.1, 0.15) is 24.3 Å². The zero-order chi connectivity index (χ0) is 15.6. The molecule has 0 aliphatic carbocycles. The van der Waals surface area contributed by atoms with Crippen molar-refractivity contribution >= 4 is 30.0 Å². The van der Waals surface area contributed by atoms with Gasteiger partial charge < -0.3 is 4.90 Å². The maximum atomic E-state index is 4.58. The second kappa shape index (κ2) is 6.03. The molecule has 1 fully saturated rings. The van der Waals surface area contributed by atoms with Gasteiger partial charge in [-0.05, 0) is 30.4 Å². The Morgan fingerprint density at radius 3 is 2.52 bits per heavy atom. The summed E-state index contributed by atoms with van der Waals surface area (Å²) in [5, 5.41) is 1.17. The van der Waals surface area contributed by atoms with E-state index in [9.17, 15) is 0 Å². The van der Waals surface area contributed by atoms with Gasteiger partial charge in [-0.25, -0.2) is 9.97 Å². The predicted octanol–water partition coefficient (Wildman–Crippen LogP) is 2.27. The first-order chi connectivity index (χ1) is 11.3. The zero-order valence-corrected chi connectivity index (χ0v) is 13.4. The summed E-state index contributed by atoms with van der Waals surface area (Å²) in [4.78, 5) is 11.4. The maximum Gasteiger partial charge on any atom is 0.139 e. The molecular formula is C19H20BN3. The van der Waals surface area contributed by atoms with Crippen molar-refractivity contribution in [1.29, 1.82) is 0 Å². The van der Waals surface area contributed by atoms with E-state index in [2.05, 4.69) is 71.2 Å². The van der Waals surface area contributed by atoms with E-state index >= 15 is 0 Å². The Hall–Kier alpha value is -2.36. The summed E-state index contributed by atoms with van der Waals surface area (Å²) >= 11 is 0. The summed E-state index contributed by atoms with van der Waals surface area (Å²) in [7, 11) is 2.12. The molecule has 1 aliphatic heterocycles. The van der Waals surface area contributed by atoms with Gasteiger partial charge in [0.1, 0.15) is 20.0 Å². The average molecular weight is 301 g/mol. The molecule has 1 saturated heterocycles. The quantitative estimate of drug-likeness (QED) is 0.680. The Bertz CT molecular complexity index is 811. The molecule has 4 rings (SSSR count). The summed E-state index contributed by atoms with van der Waals surface area (Å²) in [6.07, 6.45) is 4.05. The second-order valence-corrected chi connectivity index (χ2v) is 6.39. The highest BCUT2D eigenvalue weighted by Gasteiger charge is 2.22. The summed E-state index contributed by atoms with van der Waals surface area (Å²) < 4.78 is 0. The maximum absolute atomic E-state index is 4.58. The molecule has 2 aromatic carbocycles. The van der Waals surface area contributed by atoms with Crippen molar-refractivity contribution in [2.75, 3.05) is 18.0 Å². The number of aromatic nitrogens is 2. The predicted molar refractivity (Wildman–Crippen MR) is 98.3 cm³/mol. The Balaban J connectivity index is 1.58. The SMILES string of the molecule is Bc1ccc2ncnc(N3CCC(c4ccccc4)CC3)c2c1. The number of hydrogen-bond donors (Lipinski definition) is 0. The molecule has 4 heteroatoms. The lowest BCUT2D eigenvalue weighted by Crippen LogP contribution is -2.33. The molecule has 0 radical (unpaired) electrons. The molecule has 1 aromatic heterocycles. The summed E-state index contributed by atoms with van der Waals surface area (Å²) in [6.45, 7) is 2.11. The van der Waals surface area contributed by atoms with Crippen LogP contribution in [0.25, 0.3) is 10.9 Å². The van der Waals surface area contributed by atoms with Crippen LogP contribution in [0.15, 0.2) is 54.9 Å². The summed E-state index contributed by atoms with van der Waals surface area (Å²) in [6, 6.07) is 17.3. The van der Waals surface area contributed by atoms with Gasteiger partial charge in [0.15, 0.2) is 0 Å². The van der Waals surface area contributed by atoms with Gasteiger partial charge in [0.05, 0.1) is 5.52 Å². The van der Waals surface area contributed by atoms with Crippen molar-refractivity contribution in [3.8, 4) is 0 Å². The number of anilines is 1. The van der Waals surface area contributed by atoms with E-state index in [0.717, 1.165) is 24.4 Å². The monoisotopic (exact) mass is 301 g/mol. The Labute approximate surface area is 137 Å². The van der Waals surface area contributed by atoms with Crippen LogP contribution in [0.4, 0.5) is 5.82 Å². The number of hydrogen-bond acceptors (Lipinski definition) is 3. The fourth-order valence-electron chi connectivity index (χ4n) is 3.56.